The van der Waals surface area contributed by atoms with Gasteiger partial charge in [-0.15, -0.1) is 11.8 Å². The summed E-state index contributed by atoms with van der Waals surface area (Å²) in [5.74, 6) is 0.165. The molecule has 136 valence electrons. The number of methoxy groups -OCH3 is 1. The van der Waals surface area contributed by atoms with E-state index in [4.69, 9.17) is 4.74 Å². The molecule has 0 spiro atoms. The molecule has 3 rings (SSSR count). The first kappa shape index (κ1) is 18.3. The Morgan fingerprint density at radius 1 is 1.23 bits per heavy atom. The molecular weight excluding hydrogens is 357 g/mol. The molecule has 0 bridgehead atoms. The normalized spacial score (nSPS) is 11.2. The molecule has 0 amide bonds. The van der Waals surface area contributed by atoms with Crippen molar-refractivity contribution < 1.29 is 9.13 Å². The van der Waals surface area contributed by atoms with Crippen molar-refractivity contribution in [2.45, 2.75) is 17.3 Å². The van der Waals surface area contributed by atoms with Gasteiger partial charge >= 0.3 is 5.69 Å². The molecule has 0 saturated heterocycles. The Hall–Kier alpha value is -2.45. The highest BCUT2D eigenvalue weighted by atomic mass is 32.2. The second kappa shape index (κ2) is 7.43. The maximum absolute atomic E-state index is 13.4. The van der Waals surface area contributed by atoms with Gasteiger partial charge in [-0.2, -0.15) is 0 Å². The molecule has 0 fully saturated rings. The Morgan fingerprint density at radius 3 is 2.69 bits per heavy atom. The van der Waals surface area contributed by atoms with Crippen molar-refractivity contribution in [2.75, 3.05) is 7.11 Å². The van der Waals surface area contributed by atoms with Gasteiger partial charge in [-0.05, 0) is 17.7 Å². The van der Waals surface area contributed by atoms with Crippen LogP contribution < -0.4 is 11.2 Å². The van der Waals surface area contributed by atoms with Gasteiger partial charge in [0.1, 0.15) is 11.5 Å². The SMILES string of the molecule is COCc1cnc2c(c1SCc1cccc(F)c1)c(=O)n(C)c(=O)n2C. The highest BCUT2D eigenvalue weighted by Gasteiger charge is 2.17. The van der Waals surface area contributed by atoms with Crippen molar-refractivity contribution in [3.05, 3.63) is 68.2 Å². The minimum absolute atomic E-state index is 0.278. The third kappa shape index (κ3) is 3.30. The number of thioether (sulfide) groups is 1. The van der Waals surface area contributed by atoms with Crippen LogP contribution in [0.2, 0.25) is 0 Å². The molecule has 0 unspecified atom stereocenters. The molecule has 0 radical (unpaired) electrons. The molecule has 0 saturated carbocycles. The highest BCUT2D eigenvalue weighted by molar-refractivity contribution is 7.98. The molecule has 0 aliphatic carbocycles. The highest BCUT2D eigenvalue weighted by Crippen LogP contribution is 2.31. The number of aromatic nitrogens is 3. The number of aryl methyl sites for hydroxylation is 1. The predicted molar refractivity (Wildman–Crippen MR) is 98.9 cm³/mol. The van der Waals surface area contributed by atoms with Crippen molar-refractivity contribution >= 4 is 22.8 Å². The summed E-state index contributed by atoms with van der Waals surface area (Å²) in [5.41, 5.74) is 1.02. The van der Waals surface area contributed by atoms with E-state index in [0.29, 0.717) is 21.7 Å². The smallest absolute Gasteiger partial charge is 0.332 e. The van der Waals surface area contributed by atoms with Gasteiger partial charge in [0, 0.05) is 43.6 Å². The average Bonchev–Trinajstić information content (AvgIpc) is 2.63. The van der Waals surface area contributed by atoms with Crippen LogP contribution in [0.25, 0.3) is 11.0 Å². The monoisotopic (exact) mass is 375 g/mol. The molecule has 0 N–H and O–H groups in total. The number of hydrogen-bond acceptors (Lipinski definition) is 5. The summed E-state index contributed by atoms with van der Waals surface area (Å²) in [6.07, 6.45) is 1.61. The Labute approximate surface area is 153 Å². The van der Waals surface area contributed by atoms with Gasteiger partial charge in [0.05, 0.1) is 12.0 Å². The fourth-order valence-electron chi connectivity index (χ4n) is 2.75. The molecule has 6 nitrogen and oxygen atoms in total. The zero-order valence-corrected chi connectivity index (χ0v) is 15.5. The number of halogens is 1. The lowest BCUT2D eigenvalue weighted by Gasteiger charge is -2.14. The molecule has 0 atom stereocenters. The fourth-order valence-corrected chi connectivity index (χ4v) is 3.86. The van der Waals surface area contributed by atoms with Crippen LogP contribution in [-0.4, -0.2) is 21.2 Å². The summed E-state index contributed by atoms with van der Waals surface area (Å²) in [6.45, 7) is 0.278. The average molecular weight is 375 g/mol. The molecule has 0 aliphatic heterocycles. The summed E-state index contributed by atoms with van der Waals surface area (Å²) in [4.78, 5) is 29.9. The molecule has 3 aromatic rings. The van der Waals surface area contributed by atoms with Gasteiger partial charge in [-0.25, -0.2) is 14.2 Å². The lowest BCUT2D eigenvalue weighted by atomic mass is 10.2. The molecular formula is C18H18FN3O3S. The zero-order valence-electron chi connectivity index (χ0n) is 14.7. The van der Waals surface area contributed by atoms with E-state index in [1.165, 1.54) is 35.5 Å². The van der Waals surface area contributed by atoms with Gasteiger partial charge in [0.15, 0.2) is 0 Å². The summed E-state index contributed by atoms with van der Waals surface area (Å²) >= 11 is 1.40. The summed E-state index contributed by atoms with van der Waals surface area (Å²) < 4.78 is 21.1. The van der Waals surface area contributed by atoms with Crippen LogP contribution in [-0.2, 0) is 31.2 Å². The van der Waals surface area contributed by atoms with Gasteiger partial charge in [0.2, 0.25) is 0 Å². The second-order valence-corrected chi connectivity index (χ2v) is 6.85. The minimum Gasteiger partial charge on any atom is -0.380 e. The van der Waals surface area contributed by atoms with Crippen LogP contribution in [0.4, 0.5) is 4.39 Å². The van der Waals surface area contributed by atoms with E-state index in [0.717, 1.165) is 15.7 Å². The molecule has 0 aliphatic rings. The fraction of sp³-hybridized carbons (Fsp3) is 0.278. The van der Waals surface area contributed by atoms with Crippen LogP contribution in [0.5, 0.6) is 0 Å². The van der Waals surface area contributed by atoms with Gasteiger partial charge in [-0.1, -0.05) is 12.1 Å². The second-order valence-electron chi connectivity index (χ2n) is 5.87. The summed E-state index contributed by atoms with van der Waals surface area (Å²) in [6, 6.07) is 6.32. The first-order valence-corrected chi connectivity index (χ1v) is 8.86. The number of benzene rings is 1. The van der Waals surface area contributed by atoms with E-state index in [-0.39, 0.29) is 12.4 Å². The largest absolute Gasteiger partial charge is 0.380 e. The first-order valence-electron chi connectivity index (χ1n) is 7.87. The third-order valence-electron chi connectivity index (χ3n) is 4.07. The van der Waals surface area contributed by atoms with Crippen molar-refractivity contribution in [3.63, 3.8) is 0 Å². The number of ether oxygens (including phenoxy) is 1. The van der Waals surface area contributed by atoms with Crippen molar-refractivity contribution in [3.8, 4) is 0 Å². The van der Waals surface area contributed by atoms with E-state index in [9.17, 15) is 14.0 Å². The molecule has 2 heterocycles. The van der Waals surface area contributed by atoms with Crippen LogP contribution in [0.15, 0.2) is 44.9 Å². The van der Waals surface area contributed by atoms with Gasteiger partial charge in [0.25, 0.3) is 5.56 Å². The number of rotatable bonds is 5. The molecule has 2 aromatic heterocycles. The van der Waals surface area contributed by atoms with Crippen molar-refractivity contribution in [1.29, 1.82) is 0 Å². The Balaban J connectivity index is 2.18. The van der Waals surface area contributed by atoms with Crippen molar-refractivity contribution in [2.24, 2.45) is 14.1 Å². The van der Waals surface area contributed by atoms with E-state index >= 15 is 0 Å². The van der Waals surface area contributed by atoms with Crippen LogP contribution in [0.3, 0.4) is 0 Å². The lowest BCUT2D eigenvalue weighted by molar-refractivity contribution is 0.183. The summed E-state index contributed by atoms with van der Waals surface area (Å²) in [5, 5.41) is 0.366. The van der Waals surface area contributed by atoms with Crippen molar-refractivity contribution in [1.82, 2.24) is 14.1 Å². The topological polar surface area (TPSA) is 66.1 Å². The quantitative estimate of drug-likeness (QED) is 0.640. The zero-order chi connectivity index (χ0) is 18.8. The molecule has 26 heavy (non-hydrogen) atoms. The predicted octanol–water partition coefficient (Wildman–Crippen LogP) is 2.21. The van der Waals surface area contributed by atoms with E-state index < -0.39 is 11.2 Å². The number of nitrogens with zero attached hydrogens (tertiary/aromatic N) is 3. The molecule has 1 aromatic carbocycles. The van der Waals surface area contributed by atoms with Crippen LogP contribution in [0, 0.1) is 5.82 Å². The van der Waals surface area contributed by atoms with Crippen LogP contribution >= 0.6 is 11.8 Å². The Kier molecular flexibility index (Phi) is 5.24. The number of pyridine rings is 1. The van der Waals surface area contributed by atoms with E-state index in [2.05, 4.69) is 4.98 Å². The standard InChI is InChI=1S/C18H18FN3O3S/c1-21-16-14(17(23)22(2)18(21)24)15(12(8-20-16)9-25-3)26-10-11-5-4-6-13(19)7-11/h4-8H,9-10H2,1-3H3. The molecule has 8 heteroatoms. The Bertz CT molecular complexity index is 1090. The van der Waals surface area contributed by atoms with Crippen LogP contribution in [0.1, 0.15) is 11.1 Å². The first-order chi connectivity index (χ1) is 12.4. The number of fused-ring (bicyclic) bond motifs is 1. The van der Waals surface area contributed by atoms with E-state index in [1.807, 2.05) is 6.07 Å². The Morgan fingerprint density at radius 2 is 2.00 bits per heavy atom. The summed E-state index contributed by atoms with van der Waals surface area (Å²) in [7, 11) is 4.58. The minimum atomic E-state index is -0.435. The van der Waals surface area contributed by atoms with Gasteiger partial charge in [-0.3, -0.25) is 13.9 Å². The van der Waals surface area contributed by atoms with E-state index in [1.54, 1.807) is 26.4 Å². The maximum atomic E-state index is 13.4. The third-order valence-corrected chi connectivity index (χ3v) is 5.30. The lowest BCUT2D eigenvalue weighted by Crippen LogP contribution is -2.37. The maximum Gasteiger partial charge on any atom is 0.332 e. The van der Waals surface area contributed by atoms with Gasteiger partial charge < -0.3 is 4.74 Å². The number of hydrogen-bond donors (Lipinski definition) is 0.